The molecule has 0 bridgehead atoms. The number of benzene rings is 1. The van der Waals surface area contributed by atoms with Crippen LogP contribution >= 0.6 is 11.6 Å². The SMILES string of the molecule is Cc1cc([C@@H](C)Nc2ccc(Cl)nc2-c2noc(=O)[nH]2)c2oc(/C(C=NC3COC3)=C/N)c(C)c(=O)c2c1. The lowest BCUT2D eigenvalue weighted by Crippen LogP contribution is -2.31. The van der Waals surface area contributed by atoms with Crippen LogP contribution in [0.25, 0.3) is 28.1 Å². The van der Waals surface area contributed by atoms with Crippen molar-refractivity contribution in [2.24, 2.45) is 10.7 Å². The lowest BCUT2D eigenvalue weighted by molar-refractivity contribution is 0.0135. The number of halogens is 1. The van der Waals surface area contributed by atoms with E-state index >= 15 is 0 Å². The summed E-state index contributed by atoms with van der Waals surface area (Å²) in [7, 11) is 0. The molecule has 0 radical (unpaired) electrons. The number of rotatable bonds is 7. The molecule has 1 aromatic carbocycles. The highest BCUT2D eigenvalue weighted by atomic mass is 35.5. The van der Waals surface area contributed by atoms with Crippen molar-refractivity contribution in [1.29, 1.82) is 0 Å². The fourth-order valence-corrected chi connectivity index (χ4v) is 4.36. The second-order valence-corrected chi connectivity index (χ2v) is 9.43. The number of hydrogen-bond donors (Lipinski definition) is 3. The Kier molecular flexibility index (Phi) is 6.87. The Morgan fingerprint density at radius 2 is 2.08 bits per heavy atom. The first-order valence-corrected chi connectivity index (χ1v) is 12.2. The van der Waals surface area contributed by atoms with Crippen molar-refractivity contribution in [3.05, 3.63) is 78.8 Å². The van der Waals surface area contributed by atoms with Crippen LogP contribution in [0.2, 0.25) is 5.15 Å². The zero-order valence-electron chi connectivity index (χ0n) is 20.9. The maximum Gasteiger partial charge on any atom is 0.439 e. The number of aliphatic imine (C=N–C) groups is 1. The van der Waals surface area contributed by atoms with Crippen LogP contribution in [0, 0.1) is 13.8 Å². The third-order valence-corrected chi connectivity index (χ3v) is 6.45. The van der Waals surface area contributed by atoms with E-state index in [0.29, 0.717) is 52.5 Å². The molecule has 1 aliphatic heterocycles. The smallest absolute Gasteiger partial charge is 0.439 e. The average molecular weight is 537 g/mol. The van der Waals surface area contributed by atoms with Crippen molar-refractivity contribution < 1.29 is 13.7 Å². The molecule has 12 heteroatoms. The number of nitrogens with zero attached hydrogens (tertiary/aromatic N) is 3. The fourth-order valence-electron chi connectivity index (χ4n) is 4.21. The van der Waals surface area contributed by atoms with E-state index in [-0.39, 0.29) is 28.5 Å². The zero-order chi connectivity index (χ0) is 27.0. The molecule has 0 saturated carbocycles. The van der Waals surface area contributed by atoms with E-state index in [9.17, 15) is 9.59 Å². The van der Waals surface area contributed by atoms with Crippen molar-refractivity contribution in [3.63, 3.8) is 0 Å². The number of H-pyrrole nitrogens is 1. The molecule has 0 amide bonds. The highest BCUT2D eigenvalue weighted by Crippen LogP contribution is 2.33. The van der Waals surface area contributed by atoms with Crippen molar-refractivity contribution in [2.75, 3.05) is 18.5 Å². The van der Waals surface area contributed by atoms with Gasteiger partial charge >= 0.3 is 5.76 Å². The fraction of sp³-hybridized carbons (Fsp3) is 0.269. The summed E-state index contributed by atoms with van der Waals surface area (Å²) >= 11 is 6.10. The van der Waals surface area contributed by atoms with Gasteiger partial charge in [-0.25, -0.2) is 9.78 Å². The summed E-state index contributed by atoms with van der Waals surface area (Å²) in [5.41, 5.74) is 9.55. The van der Waals surface area contributed by atoms with Crippen LogP contribution in [0.3, 0.4) is 0 Å². The molecule has 0 spiro atoms. The number of aromatic nitrogens is 3. The van der Waals surface area contributed by atoms with E-state index in [4.69, 9.17) is 26.5 Å². The van der Waals surface area contributed by atoms with Gasteiger partial charge in [0.15, 0.2) is 5.43 Å². The van der Waals surface area contributed by atoms with E-state index in [1.165, 1.54) is 6.20 Å². The molecule has 4 N–H and O–H groups in total. The summed E-state index contributed by atoms with van der Waals surface area (Å²) in [6.45, 7) is 6.62. The van der Waals surface area contributed by atoms with Gasteiger partial charge in [-0.15, -0.1) is 0 Å². The van der Waals surface area contributed by atoms with Crippen LogP contribution in [-0.2, 0) is 4.74 Å². The molecular weight excluding hydrogens is 512 g/mol. The van der Waals surface area contributed by atoms with Gasteiger partial charge in [-0.05, 0) is 44.5 Å². The van der Waals surface area contributed by atoms with Crippen molar-refractivity contribution in [2.45, 2.75) is 32.9 Å². The first kappa shape index (κ1) is 25.4. The summed E-state index contributed by atoms with van der Waals surface area (Å²) in [5.74, 6) is -0.243. The standard InChI is InChI=1S/C26H25ClN6O5/c1-12-6-17(14(3)30-19-4-5-20(27)31-21(19)25-32-26(35)38-33-25)24-18(7-12)22(34)13(2)23(37-24)15(8-28)9-29-16-10-36-11-16/h4-9,14,16,30H,10-11,28H2,1-3H3,(H,32,33,35)/b15-8+,29-9?/t14-/m1/s1. The highest BCUT2D eigenvalue weighted by molar-refractivity contribution is 6.29. The van der Waals surface area contributed by atoms with Crippen LogP contribution in [0.4, 0.5) is 5.69 Å². The lowest BCUT2D eigenvalue weighted by atomic mass is 9.99. The van der Waals surface area contributed by atoms with Gasteiger partial charge in [0.05, 0.1) is 41.9 Å². The summed E-state index contributed by atoms with van der Waals surface area (Å²) in [5, 5.41) is 7.76. The molecule has 1 atom stereocenters. The van der Waals surface area contributed by atoms with E-state index in [1.807, 2.05) is 19.9 Å². The predicted molar refractivity (Wildman–Crippen MR) is 145 cm³/mol. The molecule has 1 saturated heterocycles. The number of pyridine rings is 1. The molecule has 196 valence electrons. The second-order valence-electron chi connectivity index (χ2n) is 9.05. The maximum atomic E-state index is 13.4. The van der Waals surface area contributed by atoms with E-state index in [1.54, 1.807) is 31.3 Å². The lowest BCUT2D eigenvalue weighted by Gasteiger charge is -2.22. The largest absolute Gasteiger partial charge is 0.455 e. The molecule has 4 heterocycles. The minimum Gasteiger partial charge on any atom is -0.455 e. The molecule has 3 aromatic heterocycles. The van der Waals surface area contributed by atoms with Gasteiger partial charge in [-0.3, -0.25) is 19.3 Å². The predicted octanol–water partition coefficient (Wildman–Crippen LogP) is 3.74. The van der Waals surface area contributed by atoms with Crippen molar-refractivity contribution >= 4 is 40.0 Å². The Morgan fingerprint density at radius 1 is 1.29 bits per heavy atom. The molecule has 1 fully saturated rings. The van der Waals surface area contributed by atoms with Gasteiger partial charge in [-0.1, -0.05) is 22.8 Å². The molecule has 38 heavy (non-hydrogen) atoms. The number of hydrogen-bond acceptors (Lipinski definition) is 10. The topological polar surface area (TPSA) is 162 Å². The van der Waals surface area contributed by atoms with Gasteiger partial charge < -0.3 is 20.2 Å². The van der Waals surface area contributed by atoms with Crippen LogP contribution in [-0.4, -0.2) is 40.6 Å². The number of allylic oxidation sites excluding steroid dienone is 1. The Balaban J connectivity index is 1.59. The number of ether oxygens (including phenoxy) is 1. The number of anilines is 1. The Morgan fingerprint density at radius 3 is 2.74 bits per heavy atom. The molecular formula is C26H25ClN6O5. The van der Waals surface area contributed by atoms with Gasteiger partial charge in [0.1, 0.15) is 22.2 Å². The first-order valence-electron chi connectivity index (χ1n) is 11.9. The van der Waals surface area contributed by atoms with Crippen molar-refractivity contribution in [3.8, 4) is 11.5 Å². The third-order valence-electron chi connectivity index (χ3n) is 6.24. The minimum absolute atomic E-state index is 0.0571. The Hall–Kier alpha value is -4.22. The summed E-state index contributed by atoms with van der Waals surface area (Å²) in [4.78, 5) is 36.2. The molecule has 0 aliphatic carbocycles. The number of nitrogens with one attached hydrogen (secondary N) is 2. The van der Waals surface area contributed by atoms with Crippen LogP contribution < -0.4 is 22.2 Å². The monoisotopic (exact) mass is 536 g/mol. The van der Waals surface area contributed by atoms with Gasteiger partial charge in [0.25, 0.3) is 0 Å². The van der Waals surface area contributed by atoms with E-state index in [2.05, 4.69) is 30.0 Å². The summed E-state index contributed by atoms with van der Waals surface area (Å²) < 4.78 is 16.2. The number of aromatic amines is 1. The third kappa shape index (κ3) is 4.85. The van der Waals surface area contributed by atoms with Crippen molar-refractivity contribution in [1.82, 2.24) is 15.1 Å². The first-order chi connectivity index (χ1) is 18.2. The van der Waals surface area contributed by atoms with Crippen LogP contribution in [0.5, 0.6) is 0 Å². The highest BCUT2D eigenvalue weighted by Gasteiger charge is 2.22. The number of aryl methyl sites for hydroxylation is 1. The molecule has 4 aromatic rings. The minimum atomic E-state index is -0.715. The van der Waals surface area contributed by atoms with E-state index in [0.717, 1.165) is 11.1 Å². The zero-order valence-corrected chi connectivity index (χ0v) is 21.6. The Labute approximate surface area is 221 Å². The summed E-state index contributed by atoms with van der Waals surface area (Å²) in [6.07, 6.45) is 2.99. The number of nitrogens with two attached hydrogens (primary N) is 1. The van der Waals surface area contributed by atoms with Crippen LogP contribution in [0.15, 0.2) is 54.0 Å². The normalized spacial score (nSPS) is 15.2. The molecule has 0 unspecified atom stereocenters. The molecule has 1 aliphatic rings. The Bertz CT molecular complexity index is 1700. The van der Waals surface area contributed by atoms with Gasteiger partial charge in [0.2, 0.25) is 5.82 Å². The van der Waals surface area contributed by atoms with Gasteiger partial charge in [0, 0.05) is 23.5 Å². The summed E-state index contributed by atoms with van der Waals surface area (Å²) in [6, 6.07) is 6.75. The molecule has 5 rings (SSSR count). The maximum absolute atomic E-state index is 13.4. The van der Waals surface area contributed by atoms with Gasteiger partial charge in [-0.2, -0.15) is 0 Å². The number of fused-ring (bicyclic) bond motifs is 1. The quantitative estimate of drug-likeness (QED) is 0.236. The second kappa shape index (κ2) is 10.3. The average Bonchev–Trinajstić information content (AvgIpc) is 3.30. The van der Waals surface area contributed by atoms with E-state index < -0.39 is 5.76 Å². The van der Waals surface area contributed by atoms with Crippen LogP contribution in [0.1, 0.15) is 35.4 Å². The molecule has 11 nitrogen and oxygen atoms in total.